The number of carbonyl (C=O) groups is 2. The van der Waals surface area contributed by atoms with Crippen molar-refractivity contribution in [1.82, 2.24) is 10.2 Å². The Morgan fingerprint density at radius 2 is 1.64 bits per heavy atom. The number of amides is 2. The number of nitrogens with one attached hydrogen (secondary N) is 1. The van der Waals surface area contributed by atoms with Gasteiger partial charge in [0.2, 0.25) is 21.8 Å². The van der Waals surface area contributed by atoms with E-state index in [-0.39, 0.29) is 24.8 Å². The van der Waals surface area contributed by atoms with Gasteiger partial charge in [0.25, 0.3) is 0 Å². The van der Waals surface area contributed by atoms with E-state index in [0.29, 0.717) is 37.5 Å². The van der Waals surface area contributed by atoms with E-state index in [0.717, 1.165) is 16.7 Å². The van der Waals surface area contributed by atoms with Crippen molar-refractivity contribution < 1.29 is 18.0 Å². The van der Waals surface area contributed by atoms with Crippen LogP contribution < -0.4 is 9.62 Å². The molecular formula is C28H41N3O4S. The lowest BCUT2D eigenvalue weighted by Crippen LogP contribution is -2.49. The van der Waals surface area contributed by atoms with Crippen molar-refractivity contribution in [3.63, 3.8) is 0 Å². The summed E-state index contributed by atoms with van der Waals surface area (Å²) in [6.45, 7) is 10.9. The van der Waals surface area contributed by atoms with Gasteiger partial charge in [0.05, 0.1) is 11.9 Å². The van der Waals surface area contributed by atoms with Crippen LogP contribution in [0.3, 0.4) is 0 Å². The van der Waals surface area contributed by atoms with Crippen LogP contribution in [-0.2, 0) is 26.2 Å². The highest BCUT2D eigenvalue weighted by Crippen LogP contribution is 2.23. The van der Waals surface area contributed by atoms with Gasteiger partial charge >= 0.3 is 0 Å². The fourth-order valence-electron chi connectivity index (χ4n) is 4.06. The van der Waals surface area contributed by atoms with E-state index in [2.05, 4.69) is 5.32 Å². The van der Waals surface area contributed by atoms with Crippen molar-refractivity contribution in [3.8, 4) is 0 Å². The van der Waals surface area contributed by atoms with Crippen molar-refractivity contribution >= 4 is 27.5 Å². The number of sulfonamides is 1. The Kier molecular flexibility index (Phi) is 11.0. The Bertz CT molecular complexity index is 1110. The molecule has 0 heterocycles. The highest BCUT2D eigenvalue weighted by Gasteiger charge is 2.29. The van der Waals surface area contributed by atoms with Crippen LogP contribution in [0.15, 0.2) is 48.5 Å². The molecule has 0 saturated heterocycles. The summed E-state index contributed by atoms with van der Waals surface area (Å²) in [6, 6.07) is 14.6. The fraction of sp³-hybridized carbons (Fsp3) is 0.500. The minimum absolute atomic E-state index is 0.137. The van der Waals surface area contributed by atoms with Crippen molar-refractivity contribution in [2.75, 3.05) is 23.7 Å². The van der Waals surface area contributed by atoms with Crippen LogP contribution in [0.1, 0.15) is 56.7 Å². The zero-order valence-corrected chi connectivity index (χ0v) is 23.3. The number of hydrogen-bond donors (Lipinski definition) is 1. The molecule has 1 N–H and O–H groups in total. The van der Waals surface area contributed by atoms with Gasteiger partial charge in [0.15, 0.2) is 0 Å². The zero-order valence-electron chi connectivity index (χ0n) is 22.5. The van der Waals surface area contributed by atoms with E-state index in [1.807, 2.05) is 71.0 Å². The smallest absolute Gasteiger partial charge is 0.242 e. The van der Waals surface area contributed by atoms with E-state index >= 15 is 0 Å². The first-order valence-corrected chi connectivity index (χ1v) is 14.4. The molecule has 0 saturated carbocycles. The second-order valence-corrected chi connectivity index (χ2v) is 11.7. The van der Waals surface area contributed by atoms with Crippen molar-refractivity contribution in [1.29, 1.82) is 0 Å². The molecule has 198 valence electrons. The number of nitrogens with zero attached hydrogens (tertiary/aromatic N) is 2. The molecule has 2 amide bonds. The standard InChI is InChI=1S/C28H41N3O4S/c1-7-25(28(33)29-19-21(2)3)30(20-24-16-14-22(4)15-17-24)27(32)13-10-18-31(36(6,34)35)26-12-9-8-11-23(26)5/h8-9,11-12,14-17,21,25H,7,10,13,18-20H2,1-6H3,(H,29,33)/t25-/m1/s1. The Morgan fingerprint density at radius 1 is 1.00 bits per heavy atom. The Morgan fingerprint density at radius 3 is 2.19 bits per heavy atom. The van der Waals surface area contributed by atoms with Crippen molar-refractivity contribution in [2.45, 2.75) is 66.5 Å². The molecule has 0 radical (unpaired) electrons. The van der Waals surface area contributed by atoms with Gasteiger partial charge in [-0.05, 0) is 49.8 Å². The number of para-hydroxylation sites is 1. The number of carbonyl (C=O) groups excluding carboxylic acids is 2. The summed E-state index contributed by atoms with van der Waals surface area (Å²) in [5.74, 6) is -0.0270. The number of hydrogen-bond acceptors (Lipinski definition) is 4. The van der Waals surface area contributed by atoms with Crippen LogP contribution in [0, 0.1) is 19.8 Å². The minimum atomic E-state index is -3.52. The molecule has 0 aliphatic carbocycles. The third-order valence-corrected chi connectivity index (χ3v) is 7.26. The van der Waals surface area contributed by atoms with E-state index in [1.54, 1.807) is 17.0 Å². The van der Waals surface area contributed by atoms with E-state index in [9.17, 15) is 18.0 Å². The van der Waals surface area contributed by atoms with Crippen LogP contribution in [0.25, 0.3) is 0 Å². The summed E-state index contributed by atoms with van der Waals surface area (Å²) in [7, 11) is -3.52. The highest BCUT2D eigenvalue weighted by molar-refractivity contribution is 7.92. The molecule has 0 aliphatic rings. The summed E-state index contributed by atoms with van der Waals surface area (Å²) < 4.78 is 26.4. The van der Waals surface area contributed by atoms with Crippen LogP contribution in [0.4, 0.5) is 5.69 Å². The lowest BCUT2D eigenvalue weighted by molar-refractivity contribution is -0.141. The molecule has 36 heavy (non-hydrogen) atoms. The lowest BCUT2D eigenvalue weighted by atomic mass is 10.1. The zero-order chi connectivity index (χ0) is 26.9. The first-order chi connectivity index (χ1) is 16.9. The molecule has 0 bridgehead atoms. The van der Waals surface area contributed by atoms with Crippen molar-refractivity contribution in [3.05, 3.63) is 65.2 Å². The largest absolute Gasteiger partial charge is 0.354 e. The second kappa shape index (κ2) is 13.4. The van der Waals surface area contributed by atoms with Gasteiger partial charge in [-0.3, -0.25) is 13.9 Å². The number of aryl methyl sites for hydroxylation is 2. The molecule has 2 aromatic carbocycles. The molecule has 7 nitrogen and oxygen atoms in total. The fourth-order valence-corrected chi connectivity index (χ4v) is 5.08. The minimum Gasteiger partial charge on any atom is -0.354 e. The normalized spacial score (nSPS) is 12.3. The monoisotopic (exact) mass is 515 g/mol. The van der Waals surface area contributed by atoms with Crippen LogP contribution >= 0.6 is 0 Å². The second-order valence-electron chi connectivity index (χ2n) is 9.80. The van der Waals surface area contributed by atoms with Crippen molar-refractivity contribution in [2.24, 2.45) is 5.92 Å². The SMILES string of the molecule is CC[C@H](C(=O)NCC(C)C)N(Cc1ccc(C)cc1)C(=O)CCCN(c1ccccc1C)S(C)(=O)=O. The third kappa shape index (κ3) is 8.66. The maximum Gasteiger partial charge on any atom is 0.242 e. The molecule has 0 unspecified atom stereocenters. The predicted octanol–water partition coefficient (Wildman–Crippen LogP) is 4.43. The molecule has 8 heteroatoms. The molecule has 0 aliphatic heterocycles. The summed E-state index contributed by atoms with van der Waals surface area (Å²) in [6.07, 6.45) is 2.14. The Labute approximate surface area is 216 Å². The quantitative estimate of drug-likeness (QED) is 0.428. The molecule has 0 spiro atoms. The molecular weight excluding hydrogens is 474 g/mol. The van der Waals surface area contributed by atoms with E-state index < -0.39 is 16.1 Å². The topological polar surface area (TPSA) is 86.8 Å². The third-order valence-electron chi connectivity index (χ3n) is 6.08. The molecule has 0 aromatic heterocycles. The summed E-state index contributed by atoms with van der Waals surface area (Å²) in [5, 5.41) is 2.96. The average molecular weight is 516 g/mol. The lowest BCUT2D eigenvalue weighted by Gasteiger charge is -2.31. The van der Waals surface area contributed by atoms with Crippen LogP contribution in [-0.4, -0.2) is 50.5 Å². The van der Waals surface area contributed by atoms with Gasteiger partial charge in [0.1, 0.15) is 6.04 Å². The number of benzene rings is 2. The first kappa shape index (κ1) is 29.4. The van der Waals surface area contributed by atoms with Crippen LogP contribution in [0.5, 0.6) is 0 Å². The molecule has 2 rings (SSSR count). The van der Waals surface area contributed by atoms with Gasteiger partial charge in [-0.2, -0.15) is 0 Å². The Balaban J connectivity index is 2.21. The maximum atomic E-state index is 13.5. The molecule has 1 atom stereocenters. The highest BCUT2D eigenvalue weighted by atomic mass is 32.2. The van der Waals surface area contributed by atoms with E-state index in [1.165, 1.54) is 10.6 Å². The van der Waals surface area contributed by atoms with Gasteiger partial charge in [-0.25, -0.2) is 8.42 Å². The van der Waals surface area contributed by atoms with E-state index in [4.69, 9.17) is 0 Å². The predicted molar refractivity (Wildman–Crippen MR) is 146 cm³/mol. The van der Waals surface area contributed by atoms with Gasteiger partial charge in [-0.1, -0.05) is 68.8 Å². The molecule has 0 fully saturated rings. The van der Waals surface area contributed by atoms with Gasteiger partial charge in [0, 0.05) is 26.1 Å². The van der Waals surface area contributed by atoms with Gasteiger partial charge < -0.3 is 10.2 Å². The first-order valence-electron chi connectivity index (χ1n) is 12.6. The summed E-state index contributed by atoms with van der Waals surface area (Å²) >= 11 is 0. The number of anilines is 1. The Hall–Kier alpha value is -2.87. The number of rotatable bonds is 13. The average Bonchev–Trinajstić information content (AvgIpc) is 2.81. The van der Waals surface area contributed by atoms with Crippen LogP contribution in [0.2, 0.25) is 0 Å². The summed E-state index contributed by atoms with van der Waals surface area (Å²) in [4.78, 5) is 28.1. The maximum absolute atomic E-state index is 13.5. The summed E-state index contributed by atoms with van der Waals surface area (Å²) in [5.41, 5.74) is 3.53. The van der Waals surface area contributed by atoms with Gasteiger partial charge in [-0.15, -0.1) is 0 Å². The molecule has 2 aromatic rings.